The molecule has 1 N–H and O–H groups in total. The van der Waals surface area contributed by atoms with Crippen molar-refractivity contribution in [2.45, 2.75) is 20.3 Å². The summed E-state index contributed by atoms with van der Waals surface area (Å²) >= 11 is 0. The van der Waals surface area contributed by atoms with Gasteiger partial charge in [0, 0.05) is 37.3 Å². The van der Waals surface area contributed by atoms with Crippen LogP contribution < -0.4 is 5.32 Å². The maximum absolute atomic E-state index is 5.24. The highest BCUT2D eigenvalue weighted by Gasteiger charge is 1.92. The minimum absolute atomic E-state index is 0.800. The van der Waals surface area contributed by atoms with E-state index in [9.17, 15) is 0 Å². The molecule has 0 fully saturated rings. The van der Waals surface area contributed by atoms with E-state index in [-0.39, 0.29) is 0 Å². The highest BCUT2D eigenvalue weighted by Crippen LogP contribution is 2.06. The van der Waals surface area contributed by atoms with E-state index in [1.807, 2.05) is 32.2 Å². The Morgan fingerprint density at radius 2 is 2.36 bits per heavy atom. The summed E-state index contributed by atoms with van der Waals surface area (Å²) in [5.74, 6) is 0. The highest BCUT2D eigenvalue weighted by atomic mass is 16.5. The van der Waals surface area contributed by atoms with Gasteiger partial charge in [-0.2, -0.15) is 0 Å². The van der Waals surface area contributed by atoms with Crippen molar-refractivity contribution in [2.24, 2.45) is 0 Å². The summed E-state index contributed by atoms with van der Waals surface area (Å²) in [6.07, 6.45) is 2.86. The number of rotatable bonds is 6. The molecule has 0 saturated heterocycles. The molecule has 0 aliphatic heterocycles. The number of ether oxygens (including phenoxy) is 1. The molecule has 3 heteroatoms. The molecule has 0 aliphatic carbocycles. The number of aryl methyl sites for hydroxylation is 1. The lowest BCUT2D eigenvalue weighted by Crippen LogP contribution is -2.05. The fourth-order valence-corrected chi connectivity index (χ4v) is 1.21. The van der Waals surface area contributed by atoms with E-state index < -0.39 is 0 Å². The molecule has 1 aromatic heterocycles. The van der Waals surface area contributed by atoms with Gasteiger partial charge in [0.1, 0.15) is 0 Å². The lowest BCUT2D eigenvalue weighted by Gasteiger charge is -2.06. The number of nitrogens with one attached hydrogen (secondary N) is 1. The Labute approximate surface area is 85.5 Å². The molecule has 1 aromatic rings. The maximum atomic E-state index is 5.24. The fraction of sp³-hybridized carbons (Fsp3) is 0.545. The van der Waals surface area contributed by atoms with Crippen molar-refractivity contribution < 1.29 is 4.74 Å². The van der Waals surface area contributed by atoms with Crippen LogP contribution in [-0.2, 0) is 4.74 Å². The zero-order chi connectivity index (χ0) is 10.2. The molecular formula is C11H18N2O. The second-order valence-electron chi connectivity index (χ2n) is 3.16. The van der Waals surface area contributed by atoms with Crippen molar-refractivity contribution in [3.63, 3.8) is 0 Å². The molecule has 1 rings (SSSR count). The van der Waals surface area contributed by atoms with Gasteiger partial charge in [-0.15, -0.1) is 0 Å². The summed E-state index contributed by atoms with van der Waals surface area (Å²) in [5.41, 5.74) is 2.17. The first-order valence-electron chi connectivity index (χ1n) is 5.07. The van der Waals surface area contributed by atoms with Gasteiger partial charge in [-0.05, 0) is 32.4 Å². The first-order valence-corrected chi connectivity index (χ1v) is 5.07. The molecule has 78 valence electrons. The van der Waals surface area contributed by atoms with Crippen molar-refractivity contribution in [3.05, 3.63) is 24.0 Å². The van der Waals surface area contributed by atoms with Crippen molar-refractivity contribution in [1.29, 1.82) is 0 Å². The van der Waals surface area contributed by atoms with E-state index in [0.29, 0.717) is 0 Å². The molecule has 0 amide bonds. The molecule has 0 aliphatic rings. The Bertz CT molecular complexity index is 263. The van der Waals surface area contributed by atoms with Crippen LogP contribution in [0.4, 0.5) is 5.69 Å². The van der Waals surface area contributed by atoms with E-state index in [1.54, 1.807) is 0 Å². The quantitative estimate of drug-likeness (QED) is 0.705. The monoisotopic (exact) mass is 194 g/mol. The largest absolute Gasteiger partial charge is 0.385 e. The van der Waals surface area contributed by atoms with Crippen LogP contribution in [0.3, 0.4) is 0 Å². The van der Waals surface area contributed by atoms with E-state index in [1.165, 1.54) is 0 Å². The summed E-state index contributed by atoms with van der Waals surface area (Å²) in [6, 6.07) is 4.02. The van der Waals surface area contributed by atoms with Crippen molar-refractivity contribution in [1.82, 2.24) is 4.98 Å². The van der Waals surface area contributed by atoms with Gasteiger partial charge in [0.05, 0.1) is 0 Å². The zero-order valence-electron chi connectivity index (χ0n) is 8.92. The molecule has 14 heavy (non-hydrogen) atoms. The molecule has 1 heterocycles. The second-order valence-corrected chi connectivity index (χ2v) is 3.16. The Kier molecular flexibility index (Phi) is 5.00. The van der Waals surface area contributed by atoms with Gasteiger partial charge in [-0.25, -0.2) is 0 Å². The van der Waals surface area contributed by atoms with E-state index >= 15 is 0 Å². The van der Waals surface area contributed by atoms with Crippen molar-refractivity contribution >= 4 is 5.69 Å². The SMILES string of the molecule is CCOCCCNc1ccnc(C)c1. The summed E-state index contributed by atoms with van der Waals surface area (Å²) in [7, 11) is 0. The maximum Gasteiger partial charge on any atom is 0.0482 e. The molecular weight excluding hydrogens is 176 g/mol. The molecule has 0 saturated carbocycles. The third-order valence-corrected chi connectivity index (χ3v) is 1.90. The number of nitrogens with zero attached hydrogens (tertiary/aromatic N) is 1. The Balaban J connectivity index is 2.18. The number of anilines is 1. The number of hydrogen-bond donors (Lipinski definition) is 1. The van der Waals surface area contributed by atoms with Gasteiger partial charge in [-0.3, -0.25) is 4.98 Å². The Hall–Kier alpha value is -1.09. The lowest BCUT2D eigenvalue weighted by molar-refractivity contribution is 0.147. The Morgan fingerprint density at radius 1 is 1.50 bits per heavy atom. The van der Waals surface area contributed by atoms with Gasteiger partial charge in [0.15, 0.2) is 0 Å². The third-order valence-electron chi connectivity index (χ3n) is 1.90. The second kappa shape index (κ2) is 6.38. The van der Waals surface area contributed by atoms with Crippen LogP contribution in [0.2, 0.25) is 0 Å². The number of aromatic nitrogens is 1. The summed E-state index contributed by atoms with van der Waals surface area (Å²) in [4.78, 5) is 4.13. The topological polar surface area (TPSA) is 34.1 Å². The molecule has 3 nitrogen and oxygen atoms in total. The smallest absolute Gasteiger partial charge is 0.0482 e. The van der Waals surface area contributed by atoms with E-state index in [4.69, 9.17) is 4.74 Å². The van der Waals surface area contributed by atoms with Crippen LogP contribution in [0.25, 0.3) is 0 Å². The predicted molar refractivity (Wildman–Crippen MR) is 58.6 cm³/mol. The van der Waals surface area contributed by atoms with Crippen LogP contribution >= 0.6 is 0 Å². The highest BCUT2D eigenvalue weighted by molar-refractivity contribution is 5.42. The van der Waals surface area contributed by atoms with E-state index in [0.717, 1.165) is 37.6 Å². The van der Waals surface area contributed by atoms with Crippen LogP contribution in [0.1, 0.15) is 19.0 Å². The van der Waals surface area contributed by atoms with Gasteiger partial charge in [0.25, 0.3) is 0 Å². The first-order chi connectivity index (χ1) is 6.83. The fourth-order valence-electron chi connectivity index (χ4n) is 1.21. The molecule has 0 spiro atoms. The van der Waals surface area contributed by atoms with Crippen LogP contribution in [0.15, 0.2) is 18.3 Å². The van der Waals surface area contributed by atoms with Crippen LogP contribution in [0, 0.1) is 6.92 Å². The molecule has 0 radical (unpaired) electrons. The summed E-state index contributed by atoms with van der Waals surface area (Å²) < 4.78 is 5.24. The predicted octanol–water partition coefficient (Wildman–Crippen LogP) is 2.23. The number of hydrogen-bond acceptors (Lipinski definition) is 3. The van der Waals surface area contributed by atoms with Crippen molar-refractivity contribution in [2.75, 3.05) is 25.1 Å². The van der Waals surface area contributed by atoms with E-state index in [2.05, 4.69) is 10.3 Å². The average Bonchev–Trinajstić information content (AvgIpc) is 2.18. The molecule has 0 aromatic carbocycles. The van der Waals surface area contributed by atoms with Crippen LogP contribution in [-0.4, -0.2) is 24.7 Å². The van der Waals surface area contributed by atoms with Gasteiger partial charge < -0.3 is 10.1 Å². The Morgan fingerprint density at radius 3 is 3.07 bits per heavy atom. The lowest BCUT2D eigenvalue weighted by atomic mass is 10.3. The third kappa shape index (κ3) is 4.23. The minimum Gasteiger partial charge on any atom is -0.385 e. The molecule has 0 atom stereocenters. The summed E-state index contributed by atoms with van der Waals surface area (Å²) in [6.45, 7) is 6.58. The molecule has 0 bridgehead atoms. The van der Waals surface area contributed by atoms with Gasteiger partial charge in [-0.1, -0.05) is 0 Å². The number of pyridine rings is 1. The standard InChI is InChI=1S/C11H18N2O/c1-3-14-8-4-6-13-11-5-7-12-10(2)9-11/h5,7,9H,3-4,6,8H2,1-2H3,(H,12,13). The summed E-state index contributed by atoms with van der Waals surface area (Å²) in [5, 5.41) is 3.32. The molecule has 0 unspecified atom stereocenters. The van der Waals surface area contributed by atoms with Crippen molar-refractivity contribution in [3.8, 4) is 0 Å². The van der Waals surface area contributed by atoms with Crippen LogP contribution in [0.5, 0.6) is 0 Å². The normalized spacial score (nSPS) is 10.1. The zero-order valence-corrected chi connectivity index (χ0v) is 8.92. The first kappa shape index (κ1) is 11.0. The van der Waals surface area contributed by atoms with Gasteiger partial charge >= 0.3 is 0 Å². The minimum atomic E-state index is 0.800. The van der Waals surface area contributed by atoms with Gasteiger partial charge in [0.2, 0.25) is 0 Å². The average molecular weight is 194 g/mol.